The number of benzene rings is 1. The molecule has 1 aromatic heterocycles. The second kappa shape index (κ2) is 10.4. The first-order valence-corrected chi connectivity index (χ1v) is 11.5. The number of urea groups is 1. The number of aromatic nitrogens is 1. The summed E-state index contributed by atoms with van der Waals surface area (Å²) in [6, 6.07) is 14.4. The number of nitrogens with zero attached hydrogens (tertiary/aromatic N) is 3. The monoisotopic (exact) mass is 419 g/mol. The van der Waals surface area contributed by atoms with Crippen molar-refractivity contribution in [2.24, 2.45) is 0 Å². The number of rotatable bonds is 6. The molecule has 0 radical (unpaired) electrons. The fourth-order valence-electron chi connectivity index (χ4n) is 4.33. The molecule has 31 heavy (non-hydrogen) atoms. The summed E-state index contributed by atoms with van der Waals surface area (Å²) in [5.74, 6) is 1.12. The Hall–Kier alpha value is -2.86. The van der Waals surface area contributed by atoms with Crippen LogP contribution in [0.15, 0.2) is 48.5 Å². The Labute approximate surface area is 185 Å². The van der Waals surface area contributed by atoms with Crippen LogP contribution in [0.2, 0.25) is 0 Å². The minimum Gasteiger partial charge on any atom is -0.357 e. The maximum absolute atomic E-state index is 11.8. The third kappa shape index (κ3) is 5.85. The molecule has 0 spiro atoms. The SMILES string of the molecule is CCNC(=O)Nc1cccc(CN2CC=C(c3cccc(N4CCCCC4)n3)CC2)c1. The zero-order chi connectivity index (χ0) is 21.5. The first-order chi connectivity index (χ1) is 15.2. The van der Waals surface area contributed by atoms with Crippen LogP contribution in [0.3, 0.4) is 0 Å². The van der Waals surface area contributed by atoms with Gasteiger partial charge >= 0.3 is 6.03 Å². The Balaban J connectivity index is 1.36. The molecule has 2 amide bonds. The van der Waals surface area contributed by atoms with E-state index in [-0.39, 0.29) is 6.03 Å². The molecule has 1 saturated heterocycles. The molecule has 164 valence electrons. The minimum atomic E-state index is -0.163. The van der Waals surface area contributed by atoms with Crippen molar-refractivity contribution in [1.29, 1.82) is 0 Å². The number of carbonyl (C=O) groups excluding carboxylic acids is 1. The van der Waals surface area contributed by atoms with Crippen molar-refractivity contribution < 1.29 is 4.79 Å². The molecular formula is C25H33N5O. The summed E-state index contributed by atoms with van der Waals surface area (Å²) in [4.78, 5) is 21.6. The Morgan fingerprint density at radius 3 is 2.68 bits per heavy atom. The molecule has 3 heterocycles. The molecule has 0 unspecified atom stereocenters. The predicted octanol–water partition coefficient (Wildman–Crippen LogP) is 4.50. The first-order valence-electron chi connectivity index (χ1n) is 11.5. The van der Waals surface area contributed by atoms with Crippen LogP contribution in [-0.4, -0.2) is 48.6 Å². The molecule has 0 bridgehead atoms. The van der Waals surface area contributed by atoms with Crippen molar-refractivity contribution in [3.05, 3.63) is 59.8 Å². The predicted molar refractivity (Wildman–Crippen MR) is 127 cm³/mol. The average Bonchev–Trinajstić information content (AvgIpc) is 2.81. The zero-order valence-electron chi connectivity index (χ0n) is 18.4. The van der Waals surface area contributed by atoms with Gasteiger partial charge in [0.2, 0.25) is 0 Å². The Bertz CT molecular complexity index is 920. The van der Waals surface area contributed by atoms with Crippen LogP contribution in [0.5, 0.6) is 0 Å². The van der Waals surface area contributed by atoms with Crippen molar-refractivity contribution in [2.75, 3.05) is 42.9 Å². The Kier molecular flexibility index (Phi) is 7.20. The summed E-state index contributed by atoms with van der Waals surface area (Å²) in [5.41, 5.74) is 4.50. The quantitative estimate of drug-likeness (QED) is 0.724. The minimum absolute atomic E-state index is 0.163. The van der Waals surface area contributed by atoms with Crippen molar-refractivity contribution in [3.8, 4) is 0 Å². The first kappa shape index (κ1) is 21.4. The molecule has 6 heteroatoms. The van der Waals surface area contributed by atoms with E-state index in [0.717, 1.165) is 56.3 Å². The van der Waals surface area contributed by atoms with Crippen molar-refractivity contribution in [2.45, 2.75) is 39.2 Å². The van der Waals surface area contributed by atoms with E-state index in [2.05, 4.69) is 56.8 Å². The van der Waals surface area contributed by atoms with Gasteiger partial charge in [0.15, 0.2) is 0 Å². The van der Waals surface area contributed by atoms with E-state index in [9.17, 15) is 4.79 Å². The summed E-state index contributed by atoms with van der Waals surface area (Å²) >= 11 is 0. The lowest BCUT2D eigenvalue weighted by atomic mass is 10.0. The van der Waals surface area contributed by atoms with Gasteiger partial charge in [-0.3, -0.25) is 4.90 Å². The fourth-order valence-corrected chi connectivity index (χ4v) is 4.33. The standard InChI is InChI=1S/C25H33N5O/c1-2-26-25(31)27-22-9-6-8-20(18-22)19-29-16-12-21(13-17-29)23-10-7-11-24(28-23)30-14-4-3-5-15-30/h6-12,18H,2-5,13-17,19H2,1H3,(H2,26,27,31). The molecule has 0 atom stereocenters. The van der Waals surface area contributed by atoms with Gasteiger partial charge < -0.3 is 15.5 Å². The normalized spacial score (nSPS) is 17.2. The van der Waals surface area contributed by atoms with E-state index in [1.807, 2.05) is 19.1 Å². The lowest BCUT2D eigenvalue weighted by Gasteiger charge is -2.29. The van der Waals surface area contributed by atoms with E-state index in [4.69, 9.17) is 4.98 Å². The highest BCUT2D eigenvalue weighted by molar-refractivity contribution is 5.89. The molecule has 2 aromatic rings. The van der Waals surface area contributed by atoms with Gasteiger partial charge in [0, 0.05) is 45.0 Å². The van der Waals surface area contributed by atoms with Crippen molar-refractivity contribution in [1.82, 2.24) is 15.2 Å². The summed E-state index contributed by atoms with van der Waals surface area (Å²) in [6.45, 7) is 7.57. The molecule has 0 aliphatic carbocycles. The number of piperidine rings is 1. The van der Waals surface area contributed by atoms with E-state index < -0.39 is 0 Å². The average molecular weight is 420 g/mol. The molecule has 2 aliphatic rings. The second-order valence-electron chi connectivity index (χ2n) is 8.33. The molecule has 1 aromatic carbocycles. The molecule has 0 saturated carbocycles. The van der Waals surface area contributed by atoms with Gasteiger partial charge in [-0.15, -0.1) is 0 Å². The summed E-state index contributed by atoms with van der Waals surface area (Å²) in [7, 11) is 0. The van der Waals surface area contributed by atoms with Crippen LogP contribution in [-0.2, 0) is 6.54 Å². The number of hydrogen-bond donors (Lipinski definition) is 2. The van der Waals surface area contributed by atoms with Gasteiger partial charge in [-0.1, -0.05) is 24.3 Å². The van der Waals surface area contributed by atoms with Crippen LogP contribution in [0, 0.1) is 0 Å². The molecule has 2 N–H and O–H groups in total. The maximum Gasteiger partial charge on any atom is 0.319 e. The number of nitrogens with one attached hydrogen (secondary N) is 2. The lowest BCUT2D eigenvalue weighted by Crippen LogP contribution is -2.30. The molecule has 4 rings (SSSR count). The number of pyridine rings is 1. The highest BCUT2D eigenvalue weighted by Gasteiger charge is 2.17. The number of anilines is 2. The van der Waals surface area contributed by atoms with Gasteiger partial charge in [0.25, 0.3) is 0 Å². The van der Waals surface area contributed by atoms with Crippen molar-refractivity contribution >= 4 is 23.1 Å². The number of amides is 2. The smallest absolute Gasteiger partial charge is 0.319 e. The summed E-state index contributed by atoms with van der Waals surface area (Å²) in [6.07, 6.45) is 7.20. The number of hydrogen-bond acceptors (Lipinski definition) is 4. The Morgan fingerprint density at radius 2 is 1.90 bits per heavy atom. The van der Waals surface area contributed by atoms with Crippen LogP contribution in [0.4, 0.5) is 16.3 Å². The second-order valence-corrected chi connectivity index (χ2v) is 8.33. The third-order valence-electron chi connectivity index (χ3n) is 5.97. The zero-order valence-corrected chi connectivity index (χ0v) is 18.4. The third-order valence-corrected chi connectivity index (χ3v) is 5.97. The molecule has 6 nitrogen and oxygen atoms in total. The van der Waals surface area contributed by atoms with Gasteiger partial charge in [0.1, 0.15) is 5.82 Å². The maximum atomic E-state index is 11.8. The molecular weight excluding hydrogens is 386 g/mol. The lowest BCUT2D eigenvalue weighted by molar-refractivity contribution is 0.252. The Morgan fingerprint density at radius 1 is 1.06 bits per heavy atom. The van der Waals surface area contributed by atoms with Gasteiger partial charge in [-0.25, -0.2) is 9.78 Å². The largest absolute Gasteiger partial charge is 0.357 e. The van der Waals surface area contributed by atoms with Crippen LogP contribution in [0.25, 0.3) is 5.57 Å². The van der Waals surface area contributed by atoms with Gasteiger partial charge in [-0.2, -0.15) is 0 Å². The highest BCUT2D eigenvalue weighted by atomic mass is 16.2. The summed E-state index contributed by atoms with van der Waals surface area (Å²) in [5, 5.41) is 5.65. The topological polar surface area (TPSA) is 60.5 Å². The summed E-state index contributed by atoms with van der Waals surface area (Å²) < 4.78 is 0. The van der Waals surface area contributed by atoms with E-state index >= 15 is 0 Å². The van der Waals surface area contributed by atoms with Gasteiger partial charge in [-0.05, 0) is 68.0 Å². The highest BCUT2D eigenvalue weighted by Crippen LogP contribution is 2.25. The van der Waals surface area contributed by atoms with E-state index in [0.29, 0.717) is 6.54 Å². The molecule has 2 aliphatic heterocycles. The van der Waals surface area contributed by atoms with E-state index in [1.165, 1.54) is 30.4 Å². The van der Waals surface area contributed by atoms with Gasteiger partial charge in [0.05, 0.1) is 5.69 Å². The van der Waals surface area contributed by atoms with Crippen LogP contribution in [0.1, 0.15) is 43.9 Å². The molecule has 1 fully saturated rings. The number of carbonyl (C=O) groups is 1. The van der Waals surface area contributed by atoms with E-state index in [1.54, 1.807) is 0 Å². The van der Waals surface area contributed by atoms with Crippen LogP contribution < -0.4 is 15.5 Å². The fraction of sp³-hybridized carbons (Fsp3) is 0.440. The van der Waals surface area contributed by atoms with Crippen LogP contribution >= 0.6 is 0 Å². The van der Waals surface area contributed by atoms with Crippen molar-refractivity contribution in [3.63, 3.8) is 0 Å².